The molecule has 0 fully saturated rings. The van der Waals surface area contributed by atoms with Crippen LogP contribution in [-0.4, -0.2) is 30.1 Å². The predicted molar refractivity (Wildman–Crippen MR) is 146 cm³/mol. The number of hydrogen-bond donors (Lipinski definition) is 1. The van der Waals surface area contributed by atoms with Crippen LogP contribution >= 0.6 is 11.3 Å². The Morgan fingerprint density at radius 2 is 2.00 bits per heavy atom. The van der Waals surface area contributed by atoms with Gasteiger partial charge in [0.25, 0.3) is 5.56 Å². The van der Waals surface area contributed by atoms with Crippen LogP contribution in [0.3, 0.4) is 0 Å². The molecule has 0 spiro atoms. The van der Waals surface area contributed by atoms with Gasteiger partial charge in [0, 0.05) is 17.0 Å². The highest BCUT2D eigenvalue weighted by Gasteiger charge is 2.35. The largest absolute Gasteiger partial charge is 0.468 e. The van der Waals surface area contributed by atoms with Gasteiger partial charge in [-0.15, -0.1) is 16.4 Å². The summed E-state index contributed by atoms with van der Waals surface area (Å²) >= 11 is 1.68. The van der Waals surface area contributed by atoms with Crippen molar-refractivity contribution in [3.8, 4) is 0 Å². The highest BCUT2D eigenvalue weighted by Crippen LogP contribution is 2.33. The number of H-pyrrole nitrogens is 1. The molecule has 9 heteroatoms. The van der Waals surface area contributed by atoms with E-state index in [1.807, 2.05) is 35.9 Å². The van der Waals surface area contributed by atoms with Gasteiger partial charge in [-0.05, 0) is 91.2 Å². The van der Waals surface area contributed by atoms with Gasteiger partial charge in [0.15, 0.2) is 5.82 Å². The first-order chi connectivity index (χ1) is 17.8. The summed E-state index contributed by atoms with van der Waals surface area (Å²) < 4.78 is 7.62. The maximum absolute atomic E-state index is 13.8. The van der Waals surface area contributed by atoms with E-state index in [0.717, 1.165) is 34.2 Å². The third-order valence-electron chi connectivity index (χ3n) is 7.04. The molecule has 0 aliphatic rings. The number of fused-ring (bicyclic) bond motifs is 1. The van der Waals surface area contributed by atoms with Crippen LogP contribution < -0.4 is 5.56 Å². The van der Waals surface area contributed by atoms with Gasteiger partial charge in [0.05, 0.1) is 23.9 Å². The molecule has 1 aromatic carbocycles. The fourth-order valence-electron chi connectivity index (χ4n) is 4.80. The highest BCUT2D eigenvalue weighted by atomic mass is 32.1. The van der Waals surface area contributed by atoms with Crippen LogP contribution in [-0.2, 0) is 18.6 Å². The van der Waals surface area contributed by atoms with Crippen molar-refractivity contribution in [2.75, 3.05) is 0 Å². The van der Waals surface area contributed by atoms with Crippen LogP contribution in [0.25, 0.3) is 10.9 Å². The van der Waals surface area contributed by atoms with Crippen molar-refractivity contribution in [1.82, 2.24) is 30.1 Å². The standard InChI is InChI=1S/C28H32N6O2S/c1-6-28(4,5)34-26(30-31-32-34)25(23-15-20-14-18(2)13-19(3)24(20)29-27(23)35)33(16-21-9-7-11-36-21)17-22-10-8-12-37-22/h7-15,25H,6,16-17H2,1-5H3,(H,29,35). The molecule has 0 amide bonds. The van der Waals surface area contributed by atoms with Crippen molar-refractivity contribution >= 4 is 22.2 Å². The van der Waals surface area contributed by atoms with E-state index in [1.165, 1.54) is 4.88 Å². The Morgan fingerprint density at radius 1 is 1.16 bits per heavy atom. The molecular weight excluding hydrogens is 484 g/mol. The molecule has 1 N–H and O–H groups in total. The van der Waals surface area contributed by atoms with E-state index < -0.39 is 6.04 Å². The van der Waals surface area contributed by atoms with E-state index in [2.05, 4.69) is 76.7 Å². The van der Waals surface area contributed by atoms with Crippen molar-refractivity contribution in [3.63, 3.8) is 0 Å². The van der Waals surface area contributed by atoms with Gasteiger partial charge in [-0.1, -0.05) is 24.6 Å². The number of benzene rings is 1. The van der Waals surface area contributed by atoms with Crippen LogP contribution in [0.5, 0.6) is 0 Å². The minimum absolute atomic E-state index is 0.149. The normalized spacial score (nSPS) is 13.0. The average molecular weight is 517 g/mol. The van der Waals surface area contributed by atoms with Gasteiger partial charge in [0.1, 0.15) is 11.8 Å². The summed E-state index contributed by atoms with van der Waals surface area (Å²) in [5, 5.41) is 16.1. The quantitative estimate of drug-likeness (QED) is 0.269. The summed E-state index contributed by atoms with van der Waals surface area (Å²) in [5.41, 5.74) is 3.14. The Bertz CT molecular complexity index is 1510. The first-order valence-electron chi connectivity index (χ1n) is 12.5. The molecule has 37 heavy (non-hydrogen) atoms. The lowest BCUT2D eigenvalue weighted by Crippen LogP contribution is -2.37. The van der Waals surface area contributed by atoms with E-state index in [-0.39, 0.29) is 11.1 Å². The lowest BCUT2D eigenvalue weighted by molar-refractivity contribution is 0.169. The SMILES string of the molecule is CCC(C)(C)n1nnnc1C(c1cc2cc(C)cc(C)c2[nH]c1=O)N(Cc1ccco1)Cc1cccs1. The topological polar surface area (TPSA) is 92.8 Å². The summed E-state index contributed by atoms with van der Waals surface area (Å²) in [6.07, 6.45) is 2.50. The molecular formula is C28H32N6O2S. The van der Waals surface area contributed by atoms with Gasteiger partial charge < -0.3 is 9.40 Å². The monoisotopic (exact) mass is 516 g/mol. The lowest BCUT2D eigenvalue weighted by Gasteiger charge is -2.33. The number of aromatic nitrogens is 5. The average Bonchev–Trinajstić information content (AvgIpc) is 3.64. The molecule has 4 aromatic heterocycles. The number of hydrogen-bond acceptors (Lipinski definition) is 7. The Balaban J connectivity index is 1.75. The van der Waals surface area contributed by atoms with Gasteiger partial charge >= 0.3 is 0 Å². The zero-order valence-corrected chi connectivity index (χ0v) is 22.7. The van der Waals surface area contributed by atoms with Crippen molar-refractivity contribution < 1.29 is 4.42 Å². The molecule has 0 radical (unpaired) electrons. The molecule has 8 nitrogen and oxygen atoms in total. The summed E-state index contributed by atoms with van der Waals surface area (Å²) in [5.74, 6) is 1.43. The van der Waals surface area contributed by atoms with E-state index in [4.69, 9.17) is 4.42 Å². The number of nitrogens with one attached hydrogen (secondary N) is 1. The van der Waals surface area contributed by atoms with Crippen LogP contribution in [0.4, 0.5) is 0 Å². The number of nitrogens with zero attached hydrogens (tertiary/aromatic N) is 5. The van der Waals surface area contributed by atoms with Gasteiger partial charge in [0.2, 0.25) is 0 Å². The van der Waals surface area contributed by atoms with E-state index in [9.17, 15) is 4.79 Å². The molecule has 0 saturated heterocycles. The fourth-order valence-corrected chi connectivity index (χ4v) is 5.52. The second-order valence-corrected chi connectivity index (χ2v) is 11.2. The first-order valence-corrected chi connectivity index (χ1v) is 13.4. The molecule has 0 aliphatic heterocycles. The van der Waals surface area contributed by atoms with Gasteiger partial charge in [-0.3, -0.25) is 9.69 Å². The minimum atomic E-state index is -0.512. The molecule has 4 heterocycles. The van der Waals surface area contributed by atoms with Gasteiger partial charge in [-0.25, -0.2) is 4.68 Å². The summed E-state index contributed by atoms with van der Waals surface area (Å²) in [6.45, 7) is 11.5. The van der Waals surface area contributed by atoms with Crippen LogP contribution in [0.1, 0.15) is 66.4 Å². The minimum Gasteiger partial charge on any atom is -0.468 e. The zero-order chi connectivity index (χ0) is 26.2. The molecule has 0 bridgehead atoms. The third kappa shape index (κ3) is 5.01. The van der Waals surface area contributed by atoms with E-state index >= 15 is 0 Å². The number of pyridine rings is 1. The Morgan fingerprint density at radius 3 is 2.70 bits per heavy atom. The fraction of sp³-hybridized carbons (Fsp3) is 0.357. The van der Waals surface area contributed by atoms with Crippen LogP contribution in [0, 0.1) is 13.8 Å². The smallest absolute Gasteiger partial charge is 0.253 e. The molecule has 1 unspecified atom stereocenters. The number of tetrazole rings is 1. The van der Waals surface area contributed by atoms with Crippen molar-refractivity contribution in [2.45, 2.75) is 65.7 Å². The summed E-state index contributed by atoms with van der Waals surface area (Å²) in [6, 6.07) is 13.7. The summed E-state index contributed by atoms with van der Waals surface area (Å²) in [4.78, 5) is 20.3. The molecule has 0 saturated carbocycles. The van der Waals surface area contributed by atoms with E-state index in [1.54, 1.807) is 17.6 Å². The Kier molecular flexibility index (Phi) is 6.83. The number of rotatable bonds is 9. The maximum atomic E-state index is 13.8. The zero-order valence-electron chi connectivity index (χ0n) is 21.9. The second-order valence-electron chi connectivity index (χ2n) is 10.2. The second kappa shape index (κ2) is 10.1. The maximum Gasteiger partial charge on any atom is 0.253 e. The number of thiophene rings is 1. The van der Waals surface area contributed by atoms with E-state index in [0.29, 0.717) is 24.5 Å². The number of aryl methyl sites for hydroxylation is 2. The Hall–Kier alpha value is -3.56. The molecule has 5 rings (SSSR count). The molecule has 0 aliphatic carbocycles. The summed E-state index contributed by atoms with van der Waals surface area (Å²) in [7, 11) is 0. The third-order valence-corrected chi connectivity index (χ3v) is 7.90. The molecule has 1 atom stereocenters. The van der Waals surface area contributed by atoms with Crippen molar-refractivity contribution in [2.24, 2.45) is 0 Å². The Labute approximate surface area is 219 Å². The van der Waals surface area contributed by atoms with Crippen LogP contribution in [0.15, 0.2) is 63.3 Å². The number of furan rings is 1. The first kappa shape index (κ1) is 25.1. The predicted octanol–water partition coefficient (Wildman–Crippen LogP) is 5.72. The lowest BCUT2D eigenvalue weighted by atomic mass is 9.98. The van der Waals surface area contributed by atoms with Gasteiger partial charge in [-0.2, -0.15) is 0 Å². The van der Waals surface area contributed by atoms with Crippen LogP contribution in [0.2, 0.25) is 0 Å². The number of aromatic amines is 1. The van der Waals surface area contributed by atoms with Crippen molar-refractivity contribution in [1.29, 1.82) is 0 Å². The molecule has 192 valence electrons. The highest BCUT2D eigenvalue weighted by molar-refractivity contribution is 7.09. The van der Waals surface area contributed by atoms with Crippen molar-refractivity contribution in [3.05, 3.63) is 97.6 Å². The molecule has 5 aromatic rings.